The number of phenols is 2. The quantitative estimate of drug-likeness (QED) is 0.358. The fraction of sp³-hybridized carbons (Fsp3) is 0.0500. The zero-order valence-corrected chi connectivity index (χ0v) is 16.0. The molecule has 2 heterocycles. The molecule has 2 aromatic carbocycles. The van der Waals surface area contributed by atoms with Crippen LogP contribution < -0.4 is 10.6 Å². The first-order chi connectivity index (χ1) is 14.0. The fourth-order valence-electron chi connectivity index (χ4n) is 2.50. The third-order valence-corrected chi connectivity index (χ3v) is 4.84. The van der Waals surface area contributed by atoms with E-state index in [9.17, 15) is 15.0 Å². The first kappa shape index (κ1) is 18.5. The third-order valence-electron chi connectivity index (χ3n) is 4.09. The summed E-state index contributed by atoms with van der Waals surface area (Å²) in [6.45, 7) is 1.82. The maximum Gasteiger partial charge on any atom is 0.277 e. The van der Waals surface area contributed by atoms with Gasteiger partial charge in [0.2, 0.25) is 0 Å². The molecule has 0 atom stereocenters. The van der Waals surface area contributed by atoms with Crippen LogP contribution in [0.1, 0.15) is 16.1 Å². The van der Waals surface area contributed by atoms with Gasteiger partial charge in [0, 0.05) is 28.9 Å². The largest absolute Gasteiger partial charge is 0.508 e. The number of phenolic OH excluding ortho intramolecular Hbond substituents is 2. The smallest absolute Gasteiger partial charge is 0.277 e. The molecule has 9 heteroatoms. The highest BCUT2D eigenvalue weighted by atomic mass is 32.1. The van der Waals surface area contributed by atoms with Crippen molar-refractivity contribution < 1.29 is 19.5 Å². The van der Waals surface area contributed by atoms with E-state index >= 15 is 0 Å². The average Bonchev–Trinajstić information content (AvgIpc) is 3.36. The van der Waals surface area contributed by atoms with E-state index in [-0.39, 0.29) is 17.2 Å². The van der Waals surface area contributed by atoms with Crippen molar-refractivity contribution >= 4 is 33.8 Å². The number of anilines is 3. The number of benzene rings is 2. The molecule has 8 nitrogen and oxygen atoms in total. The van der Waals surface area contributed by atoms with Gasteiger partial charge in [-0.1, -0.05) is 11.2 Å². The van der Waals surface area contributed by atoms with Crippen molar-refractivity contribution in [1.29, 1.82) is 0 Å². The standard InChI is InChI=1S/C20H16N4O4S/c1-11-2-3-13(8-17(11)26)22-20-23-16(10-29-20)18-9-15(24-28-18)19(27)21-12-4-6-14(25)7-5-12/h2-10,25-26H,1H3,(H,21,27)(H,22,23). The Morgan fingerprint density at radius 1 is 1.07 bits per heavy atom. The molecule has 0 saturated heterocycles. The van der Waals surface area contributed by atoms with Crippen LogP contribution >= 0.6 is 11.3 Å². The lowest BCUT2D eigenvalue weighted by molar-refractivity contribution is 0.101. The summed E-state index contributed by atoms with van der Waals surface area (Å²) in [5.41, 5.74) is 2.67. The molecule has 1 amide bonds. The van der Waals surface area contributed by atoms with Gasteiger partial charge in [-0.3, -0.25) is 4.79 Å². The molecule has 4 aromatic rings. The minimum absolute atomic E-state index is 0.110. The minimum Gasteiger partial charge on any atom is -0.508 e. The van der Waals surface area contributed by atoms with Crippen LogP contribution in [-0.4, -0.2) is 26.3 Å². The summed E-state index contributed by atoms with van der Waals surface area (Å²) in [6.07, 6.45) is 0. The Morgan fingerprint density at radius 3 is 2.59 bits per heavy atom. The van der Waals surface area contributed by atoms with Gasteiger partial charge >= 0.3 is 0 Å². The molecule has 0 spiro atoms. The predicted octanol–water partition coefficient (Wildman–Crippen LogP) is 4.51. The highest BCUT2D eigenvalue weighted by Crippen LogP contribution is 2.29. The monoisotopic (exact) mass is 408 g/mol. The van der Waals surface area contributed by atoms with Gasteiger partial charge in [0.05, 0.1) is 0 Å². The van der Waals surface area contributed by atoms with Crippen LogP contribution in [0, 0.1) is 6.92 Å². The van der Waals surface area contributed by atoms with Crippen LogP contribution in [0.3, 0.4) is 0 Å². The van der Waals surface area contributed by atoms with Crippen LogP contribution in [0.2, 0.25) is 0 Å². The average molecular weight is 408 g/mol. The SMILES string of the molecule is Cc1ccc(Nc2nc(-c3cc(C(=O)Nc4ccc(O)cc4)no3)cs2)cc1O. The zero-order valence-electron chi connectivity index (χ0n) is 15.2. The Labute approximate surface area is 169 Å². The summed E-state index contributed by atoms with van der Waals surface area (Å²) >= 11 is 1.36. The topological polar surface area (TPSA) is 121 Å². The predicted molar refractivity (Wildman–Crippen MR) is 110 cm³/mol. The lowest BCUT2D eigenvalue weighted by Gasteiger charge is -2.04. The Kier molecular flexibility index (Phi) is 4.88. The van der Waals surface area contributed by atoms with Gasteiger partial charge in [-0.15, -0.1) is 11.3 Å². The maximum absolute atomic E-state index is 12.3. The van der Waals surface area contributed by atoms with Crippen molar-refractivity contribution in [3.63, 3.8) is 0 Å². The van der Waals surface area contributed by atoms with E-state index in [1.165, 1.54) is 29.5 Å². The van der Waals surface area contributed by atoms with Crippen LogP contribution in [0.4, 0.5) is 16.5 Å². The molecule has 29 heavy (non-hydrogen) atoms. The van der Waals surface area contributed by atoms with E-state index in [0.29, 0.717) is 28.0 Å². The number of aryl methyl sites for hydroxylation is 1. The van der Waals surface area contributed by atoms with Crippen LogP contribution in [0.25, 0.3) is 11.5 Å². The number of amides is 1. The van der Waals surface area contributed by atoms with E-state index in [2.05, 4.69) is 20.8 Å². The molecule has 2 aromatic heterocycles. The normalized spacial score (nSPS) is 10.7. The third kappa shape index (κ3) is 4.19. The van der Waals surface area contributed by atoms with Crippen molar-refractivity contribution in [2.45, 2.75) is 6.92 Å². The van der Waals surface area contributed by atoms with Gasteiger partial charge < -0.3 is 25.4 Å². The van der Waals surface area contributed by atoms with Crippen LogP contribution in [0.15, 0.2) is 58.4 Å². The van der Waals surface area contributed by atoms with Crippen molar-refractivity contribution in [2.75, 3.05) is 10.6 Å². The van der Waals surface area contributed by atoms with E-state index in [1.807, 2.05) is 19.1 Å². The van der Waals surface area contributed by atoms with E-state index in [0.717, 1.165) is 5.56 Å². The molecule has 4 N–H and O–H groups in total. The fourth-order valence-corrected chi connectivity index (χ4v) is 3.22. The molecule has 0 aliphatic rings. The van der Waals surface area contributed by atoms with Crippen LogP contribution in [0.5, 0.6) is 11.5 Å². The number of nitrogens with zero attached hydrogens (tertiary/aromatic N) is 2. The van der Waals surface area contributed by atoms with Gasteiger partial charge in [0.1, 0.15) is 17.2 Å². The Hall–Kier alpha value is -3.85. The molecule has 0 aliphatic heterocycles. The first-order valence-electron chi connectivity index (χ1n) is 8.57. The van der Waals surface area contributed by atoms with Crippen LogP contribution in [-0.2, 0) is 0 Å². The molecule has 0 unspecified atom stereocenters. The maximum atomic E-state index is 12.3. The Bertz CT molecular complexity index is 1170. The second-order valence-corrected chi connectivity index (χ2v) is 7.10. The van der Waals surface area contributed by atoms with E-state index in [1.54, 1.807) is 23.6 Å². The van der Waals surface area contributed by atoms with Gasteiger partial charge in [-0.25, -0.2) is 4.98 Å². The van der Waals surface area contributed by atoms with E-state index in [4.69, 9.17) is 4.52 Å². The Balaban J connectivity index is 1.46. The molecular weight excluding hydrogens is 392 g/mol. The summed E-state index contributed by atoms with van der Waals surface area (Å²) in [4.78, 5) is 16.7. The second-order valence-electron chi connectivity index (χ2n) is 6.24. The molecule has 4 rings (SSSR count). The van der Waals surface area contributed by atoms with Gasteiger partial charge in [0.25, 0.3) is 5.91 Å². The summed E-state index contributed by atoms with van der Waals surface area (Å²) in [5.74, 6) is 0.234. The molecule has 0 saturated carbocycles. The van der Waals surface area contributed by atoms with Crippen molar-refractivity contribution in [1.82, 2.24) is 10.1 Å². The summed E-state index contributed by atoms with van der Waals surface area (Å²) in [6, 6.07) is 12.9. The van der Waals surface area contributed by atoms with Crippen molar-refractivity contribution in [3.8, 4) is 23.0 Å². The zero-order chi connectivity index (χ0) is 20.4. The minimum atomic E-state index is -0.436. The molecule has 0 bridgehead atoms. The molecule has 0 fully saturated rings. The number of hydrogen-bond donors (Lipinski definition) is 4. The summed E-state index contributed by atoms with van der Waals surface area (Å²) < 4.78 is 5.25. The first-order valence-corrected chi connectivity index (χ1v) is 9.45. The highest BCUT2D eigenvalue weighted by molar-refractivity contribution is 7.14. The van der Waals surface area contributed by atoms with Gasteiger partial charge in [0.15, 0.2) is 16.6 Å². The number of carbonyl (C=O) groups is 1. The summed E-state index contributed by atoms with van der Waals surface area (Å²) in [5, 5.41) is 31.1. The molecule has 0 radical (unpaired) electrons. The van der Waals surface area contributed by atoms with Gasteiger partial charge in [-0.05, 0) is 42.8 Å². The lowest BCUT2D eigenvalue weighted by atomic mass is 10.2. The summed E-state index contributed by atoms with van der Waals surface area (Å²) in [7, 11) is 0. The number of carbonyl (C=O) groups excluding carboxylic acids is 1. The lowest BCUT2D eigenvalue weighted by Crippen LogP contribution is -2.11. The number of aromatic nitrogens is 2. The van der Waals surface area contributed by atoms with Gasteiger partial charge in [-0.2, -0.15) is 0 Å². The van der Waals surface area contributed by atoms with Crippen molar-refractivity contribution in [3.05, 3.63) is 65.2 Å². The number of hydrogen-bond acceptors (Lipinski definition) is 8. The number of rotatable bonds is 5. The Morgan fingerprint density at radius 2 is 1.83 bits per heavy atom. The molecule has 146 valence electrons. The number of thiazole rings is 1. The molecule has 0 aliphatic carbocycles. The van der Waals surface area contributed by atoms with Crippen molar-refractivity contribution in [2.24, 2.45) is 0 Å². The number of nitrogens with one attached hydrogen (secondary N) is 2. The number of aromatic hydroxyl groups is 2. The molecular formula is C20H16N4O4S. The van der Waals surface area contributed by atoms with E-state index < -0.39 is 5.91 Å². The second kappa shape index (κ2) is 7.64. The highest BCUT2D eigenvalue weighted by Gasteiger charge is 2.16.